The zero-order valence-corrected chi connectivity index (χ0v) is 23.3. The second-order valence-corrected chi connectivity index (χ2v) is 11.5. The molecule has 0 radical (unpaired) electrons. The van der Waals surface area contributed by atoms with Gasteiger partial charge in [-0.2, -0.15) is 0 Å². The number of hydrogen-bond donors (Lipinski definition) is 1. The SMILES string of the molecule is Cc1c(Cl)cccc1N(CC(=O)N(Cc1ccc(F)cc1)[C@H](C)C(=O)NC(C)C)S(=O)(=O)c1ccccc1. The number of halogens is 2. The van der Waals surface area contributed by atoms with Crippen molar-refractivity contribution in [1.29, 1.82) is 0 Å². The van der Waals surface area contributed by atoms with Crippen LogP contribution in [0.2, 0.25) is 5.02 Å². The normalized spacial score (nSPS) is 12.2. The Morgan fingerprint density at radius 3 is 2.18 bits per heavy atom. The summed E-state index contributed by atoms with van der Waals surface area (Å²) >= 11 is 6.31. The zero-order chi connectivity index (χ0) is 28.0. The van der Waals surface area contributed by atoms with E-state index in [0.29, 0.717) is 16.1 Å². The predicted molar refractivity (Wildman–Crippen MR) is 147 cm³/mol. The third-order valence-electron chi connectivity index (χ3n) is 5.98. The molecule has 0 saturated carbocycles. The third kappa shape index (κ3) is 6.90. The highest BCUT2D eigenvalue weighted by Gasteiger charge is 2.33. The van der Waals surface area contributed by atoms with Gasteiger partial charge in [-0.3, -0.25) is 13.9 Å². The van der Waals surface area contributed by atoms with E-state index in [2.05, 4.69) is 5.32 Å². The molecule has 3 rings (SSSR count). The van der Waals surface area contributed by atoms with E-state index < -0.39 is 40.2 Å². The molecule has 0 unspecified atom stereocenters. The standard InChI is InChI=1S/C28H31ClFN3O4S/c1-19(2)31-28(35)21(4)32(17-22-13-15-23(30)16-14-22)27(34)18-33(26-12-8-11-25(29)20(26)3)38(36,37)24-9-6-5-7-10-24/h5-16,19,21H,17-18H2,1-4H3,(H,31,35)/t21-/m1/s1. The van der Waals surface area contributed by atoms with E-state index in [1.54, 1.807) is 64.1 Å². The lowest BCUT2D eigenvalue weighted by atomic mass is 10.1. The average molecular weight is 560 g/mol. The van der Waals surface area contributed by atoms with Crippen LogP contribution in [0.15, 0.2) is 77.7 Å². The number of hydrogen-bond acceptors (Lipinski definition) is 4. The van der Waals surface area contributed by atoms with Crippen molar-refractivity contribution < 1.29 is 22.4 Å². The number of sulfonamides is 1. The van der Waals surface area contributed by atoms with E-state index in [9.17, 15) is 22.4 Å². The van der Waals surface area contributed by atoms with Gasteiger partial charge in [0, 0.05) is 17.6 Å². The summed E-state index contributed by atoms with van der Waals surface area (Å²) in [6.45, 7) is 6.22. The van der Waals surface area contributed by atoms with Crippen molar-refractivity contribution in [3.8, 4) is 0 Å². The molecule has 202 valence electrons. The van der Waals surface area contributed by atoms with Crippen LogP contribution in [0.4, 0.5) is 10.1 Å². The summed E-state index contributed by atoms with van der Waals surface area (Å²) in [5, 5.41) is 3.13. The van der Waals surface area contributed by atoms with Gasteiger partial charge in [0.2, 0.25) is 11.8 Å². The van der Waals surface area contributed by atoms with Crippen molar-refractivity contribution in [3.05, 3.63) is 94.8 Å². The molecule has 3 aromatic carbocycles. The lowest BCUT2D eigenvalue weighted by Gasteiger charge is -2.32. The van der Waals surface area contributed by atoms with Crippen molar-refractivity contribution in [1.82, 2.24) is 10.2 Å². The van der Waals surface area contributed by atoms with Crippen molar-refractivity contribution >= 4 is 39.1 Å². The Bertz CT molecular complexity index is 1380. The fourth-order valence-corrected chi connectivity index (χ4v) is 5.54. The summed E-state index contributed by atoms with van der Waals surface area (Å²) in [6, 6.07) is 17.0. The van der Waals surface area contributed by atoms with Crippen molar-refractivity contribution in [2.24, 2.45) is 0 Å². The molecule has 0 bridgehead atoms. The minimum absolute atomic E-state index is 0.00265. The molecule has 3 aromatic rings. The maximum atomic E-state index is 13.8. The molecule has 1 N–H and O–H groups in total. The lowest BCUT2D eigenvalue weighted by molar-refractivity contribution is -0.139. The van der Waals surface area contributed by atoms with Crippen LogP contribution in [0.5, 0.6) is 0 Å². The molecule has 0 aliphatic carbocycles. The Balaban J connectivity index is 2.06. The van der Waals surface area contributed by atoms with Crippen molar-refractivity contribution in [2.75, 3.05) is 10.8 Å². The van der Waals surface area contributed by atoms with Gasteiger partial charge in [0.15, 0.2) is 0 Å². The Labute approximate surface area is 228 Å². The van der Waals surface area contributed by atoms with Gasteiger partial charge in [-0.15, -0.1) is 0 Å². The molecule has 10 heteroatoms. The third-order valence-corrected chi connectivity index (χ3v) is 8.17. The van der Waals surface area contributed by atoms with Crippen LogP contribution >= 0.6 is 11.6 Å². The van der Waals surface area contributed by atoms with Crippen LogP contribution in [0.3, 0.4) is 0 Å². The molecule has 0 fully saturated rings. The number of carbonyl (C=O) groups excluding carboxylic acids is 2. The highest BCUT2D eigenvalue weighted by Crippen LogP contribution is 2.31. The molecule has 1 atom stereocenters. The van der Waals surface area contributed by atoms with Gasteiger partial charge in [0.25, 0.3) is 10.0 Å². The first kappa shape index (κ1) is 29.1. The van der Waals surface area contributed by atoms with Crippen LogP contribution in [0.1, 0.15) is 31.9 Å². The number of amides is 2. The summed E-state index contributed by atoms with van der Waals surface area (Å²) in [7, 11) is -4.19. The largest absolute Gasteiger partial charge is 0.352 e. The maximum Gasteiger partial charge on any atom is 0.264 e. The average Bonchev–Trinajstić information content (AvgIpc) is 2.88. The predicted octanol–water partition coefficient (Wildman–Crippen LogP) is 4.92. The number of rotatable bonds is 10. The van der Waals surface area contributed by atoms with E-state index in [1.165, 1.54) is 41.3 Å². The highest BCUT2D eigenvalue weighted by atomic mass is 35.5. The first-order valence-corrected chi connectivity index (χ1v) is 13.9. The van der Waals surface area contributed by atoms with E-state index in [0.717, 1.165) is 4.31 Å². The molecule has 7 nitrogen and oxygen atoms in total. The molecule has 0 heterocycles. The molecular formula is C28H31ClFN3O4S. The van der Waals surface area contributed by atoms with Crippen LogP contribution < -0.4 is 9.62 Å². The summed E-state index contributed by atoms with van der Waals surface area (Å²) in [4.78, 5) is 28.0. The van der Waals surface area contributed by atoms with Gasteiger partial charge in [-0.05, 0) is 75.2 Å². The van der Waals surface area contributed by atoms with Gasteiger partial charge >= 0.3 is 0 Å². The monoisotopic (exact) mass is 559 g/mol. The van der Waals surface area contributed by atoms with E-state index in [1.807, 2.05) is 0 Å². The minimum atomic E-state index is -4.19. The molecule has 0 saturated heterocycles. The number of anilines is 1. The number of nitrogens with one attached hydrogen (secondary N) is 1. The van der Waals surface area contributed by atoms with Gasteiger partial charge in [-0.1, -0.05) is 48.0 Å². The minimum Gasteiger partial charge on any atom is -0.352 e. The highest BCUT2D eigenvalue weighted by molar-refractivity contribution is 7.92. The molecule has 0 aliphatic rings. The second-order valence-electron chi connectivity index (χ2n) is 9.20. The smallest absolute Gasteiger partial charge is 0.264 e. The number of carbonyl (C=O) groups is 2. The quantitative estimate of drug-likeness (QED) is 0.382. The van der Waals surface area contributed by atoms with Gasteiger partial charge in [0.05, 0.1) is 10.6 Å². The number of benzene rings is 3. The first-order valence-electron chi connectivity index (χ1n) is 12.1. The zero-order valence-electron chi connectivity index (χ0n) is 21.7. The van der Waals surface area contributed by atoms with E-state index in [4.69, 9.17) is 11.6 Å². The maximum absolute atomic E-state index is 13.8. The van der Waals surface area contributed by atoms with E-state index >= 15 is 0 Å². The Kier molecular flexibility index (Phi) is 9.51. The Morgan fingerprint density at radius 1 is 0.947 bits per heavy atom. The molecular weight excluding hydrogens is 529 g/mol. The molecule has 0 spiro atoms. The fourth-order valence-electron chi connectivity index (χ4n) is 3.87. The molecule has 38 heavy (non-hydrogen) atoms. The van der Waals surface area contributed by atoms with Gasteiger partial charge in [-0.25, -0.2) is 12.8 Å². The van der Waals surface area contributed by atoms with Gasteiger partial charge < -0.3 is 10.2 Å². The molecule has 0 aliphatic heterocycles. The summed E-state index contributed by atoms with van der Waals surface area (Å²) in [5.41, 5.74) is 1.31. The summed E-state index contributed by atoms with van der Waals surface area (Å²) < 4.78 is 42.1. The Hall–Kier alpha value is -3.43. The van der Waals surface area contributed by atoms with Gasteiger partial charge in [0.1, 0.15) is 18.4 Å². The van der Waals surface area contributed by atoms with E-state index in [-0.39, 0.29) is 23.2 Å². The van der Waals surface area contributed by atoms with Crippen LogP contribution in [0, 0.1) is 12.7 Å². The summed E-state index contributed by atoms with van der Waals surface area (Å²) in [5.74, 6) is -1.44. The second kappa shape index (κ2) is 12.4. The van der Waals surface area contributed by atoms with Crippen LogP contribution in [-0.2, 0) is 26.2 Å². The molecule has 2 amide bonds. The molecule has 0 aromatic heterocycles. The number of nitrogens with zero attached hydrogens (tertiary/aromatic N) is 2. The Morgan fingerprint density at radius 2 is 1.58 bits per heavy atom. The fraction of sp³-hybridized carbons (Fsp3) is 0.286. The van der Waals surface area contributed by atoms with Crippen molar-refractivity contribution in [2.45, 2.75) is 51.2 Å². The van der Waals surface area contributed by atoms with Crippen LogP contribution in [0.25, 0.3) is 0 Å². The van der Waals surface area contributed by atoms with Crippen molar-refractivity contribution in [3.63, 3.8) is 0 Å². The van der Waals surface area contributed by atoms with Crippen LogP contribution in [-0.4, -0.2) is 43.8 Å². The first-order chi connectivity index (χ1) is 17.9. The topological polar surface area (TPSA) is 86.8 Å². The lowest BCUT2D eigenvalue weighted by Crippen LogP contribution is -2.52. The summed E-state index contributed by atoms with van der Waals surface area (Å²) in [6.07, 6.45) is 0.